The predicted octanol–water partition coefficient (Wildman–Crippen LogP) is 4.09. The maximum absolute atomic E-state index is 12.9. The summed E-state index contributed by atoms with van der Waals surface area (Å²) in [4.78, 5) is 24.2. The van der Waals surface area contributed by atoms with E-state index in [0.717, 1.165) is 22.9 Å². The van der Waals surface area contributed by atoms with E-state index in [-0.39, 0.29) is 11.8 Å². The van der Waals surface area contributed by atoms with Crippen LogP contribution in [-0.2, 0) is 15.0 Å². The second kappa shape index (κ2) is 6.88. The largest absolute Gasteiger partial charge is 0.495 e. The Kier molecular flexibility index (Phi) is 4.81. The van der Waals surface area contributed by atoms with Gasteiger partial charge < -0.3 is 15.4 Å². The van der Waals surface area contributed by atoms with Gasteiger partial charge in [0.2, 0.25) is 11.8 Å². The molecule has 2 aromatic carbocycles. The van der Waals surface area contributed by atoms with Crippen molar-refractivity contribution in [2.24, 2.45) is 0 Å². The molecule has 0 aromatic heterocycles. The van der Waals surface area contributed by atoms with Gasteiger partial charge in [0.15, 0.2) is 0 Å². The molecule has 1 aliphatic rings. The molecule has 0 aliphatic heterocycles. The number of halogens is 1. The van der Waals surface area contributed by atoms with Crippen LogP contribution in [0.5, 0.6) is 5.75 Å². The van der Waals surface area contributed by atoms with E-state index < -0.39 is 5.41 Å². The molecule has 130 valence electrons. The van der Waals surface area contributed by atoms with Crippen molar-refractivity contribution < 1.29 is 14.3 Å². The minimum atomic E-state index is -0.490. The molecule has 0 spiro atoms. The van der Waals surface area contributed by atoms with Gasteiger partial charge in [0.1, 0.15) is 5.75 Å². The van der Waals surface area contributed by atoms with Crippen LogP contribution >= 0.6 is 15.9 Å². The zero-order valence-electron chi connectivity index (χ0n) is 14.1. The molecule has 1 aliphatic carbocycles. The summed E-state index contributed by atoms with van der Waals surface area (Å²) in [5, 5.41) is 5.68. The highest BCUT2D eigenvalue weighted by atomic mass is 79.9. The van der Waals surface area contributed by atoms with E-state index in [9.17, 15) is 9.59 Å². The molecule has 2 aromatic rings. The minimum absolute atomic E-state index is 0.0619. The first-order valence-electron chi connectivity index (χ1n) is 7.98. The van der Waals surface area contributed by atoms with Gasteiger partial charge in [-0.2, -0.15) is 0 Å². The van der Waals surface area contributed by atoms with E-state index in [1.54, 1.807) is 25.3 Å². The lowest BCUT2D eigenvalue weighted by Crippen LogP contribution is -2.28. The van der Waals surface area contributed by atoms with Crippen molar-refractivity contribution >= 4 is 39.1 Å². The first-order valence-corrected chi connectivity index (χ1v) is 8.77. The average Bonchev–Trinajstić information content (AvgIpc) is 3.37. The third kappa shape index (κ3) is 3.69. The summed E-state index contributed by atoms with van der Waals surface area (Å²) in [5.41, 5.74) is 1.67. The lowest BCUT2D eigenvalue weighted by Gasteiger charge is -2.18. The van der Waals surface area contributed by atoms with E-state index in [1.165, 1.54) is 6.92 Å². The van der Waals surface area contributed by atoms with Gasteiger partial charge in [-0.25, -0.2) is 0 Å². The van der Waals surface area contributed by atoms with Crippen molar-refractivity contribution in [2.45, 2.75) is 25.2 Å². The van der Waals surface area contributed by atoms with Gasteiger partial charge in [-0.15, -0.1) is 0 Å². The van der Waals surface area contributed by atoms with E-state index in [4.69, 9.17) is 4.74 Å². The van der Waals surface area contributed by atoms with Crippen LogP contribution in [0.4, 0.5) is 11.4 Å². The number of benzene rings is 2. The molecule has 5 nitrogen and oxygen atoms in total. The fourth-order valence-corrected chi connectivity index (χ4v) is 3.13. The first kappa shape index (κ1) is 17.5. The van der Waals surface area contributed by atoms with Gasteiger partial charge in [-0.1, -0.05) is 28.1 Å². The molecule has 2 amide bonds. The zero-order chi connectivity index (χ0) is 18.0. The highest BCUT2D eigenvalue weighted by Gasteiger charge is 2.51. The molecule has 25 heavy (non-hydrogen) atoms. The fraction of sp³-hybridized carbons (Fsp3) is 0.263. The number of methoxy groups -OCH3 is 1. The van der Waals surface area contributed by atoms with Crippen molar-refractivity contribution in [1.29, 1.82) is 0 Å². The highest BCUT2D eigenvalue weighted by Crippen LogP contribution is 2.49. The Labute approximate surface area is 154 Å². The number of amides is 2. The van der Waals surface area contributed by atoms with Gasteiger partial charge >= 0.3 is 0 Å². The molecule has 0 bridgehead atoms. The Morgan fingerprint density at radius 2 is 1.76 bits per heavy atom. The summed E-state index contributed by atoms with van der Waals surface area (Å²) in [6.07, 6.45) is 1.63. The molecule has 6 heteroatoms. The summed E-state index contributed by atoms with van der Waals surface area (Å²) < 4.78 is 6.31. The van der Waals surface area contributed by atoms with Crippen LogP contribution in [0.15, 0.2) is 46.9 Å². The molecule has 0 radical (unpaired) electrons. The molecule has 0 unspecified atom stereocenters. The number of carbonyl (C=O) groups is 2. The number of anilines is 2. The standard InChI is InChI=1S/C19H19BrN2O3/c1-12(23)21-15-7-8-17(25-2)16(11-15)22-18(24)19(9-10-19)13-3-5-14(20)6-4-13/h3-8,11H,9-10H2,1-2H3,(H,21,23)(H,22,24). The Bertz CT molecular complexity index is 814. The van der Waals surface area contributed by atoms with Crippen LogP contribution in [0, 0.1) is 0 Å². The normalized spacial score (nSPS) is 14.5. The molecule has 0 heterocycles. The third-order valence-corrected chi connectivity index (χ3v) is 4.88. The summed E-state index contributed by atoms with van der Waals surface area (Å²) in [6, 6.07) is 13.0. The monoisotopic (exact) mass is 402 g/mol. The quantitative estimate of drug-likeness (QED) is 0.791. The maximum Gasteiger partial charge on any atom is 0.235 e. The molecule has 2 N–H and O–H groups in total. The smallest absolute Gasteiger partial charge is 0.235 e. The van der Waals surface area contributed by atoms with Crippen molar-refractivity contribution in [3.8, 4) is 5.75 Å². The fourth-order valence-electron chi connectivity index (χ4n) is 2.87. The van der Waals surface area contributed by atoms with E-state index in [2.05, 4.69) is 26.6 Å². The number of rotatable bonds is 5. The van der Waals surface area contributed by atoms with Crippen molar-refractivity contribution in [1.82, 2.24) is 0 Å². The van der Waals surface area contributed by atoms with E-state index >= 15 is 0 Å². The van der Waals surface area contributed by atoms with Gasteiger partial charge in [0.05, 0.1) is 18.2 Å². The number of hydrogen-bond donors (Lipinski definition) is 2. The summed E-state index contributed by atoms with van der Waals surface area (Å²) in [7, 11) is 1.55. The predicted molar refractivity (Wildman–Crippen MR) is 101 cm³/mol. The lowest BCUT2D eigenvalue weighted by molar-refractivity contribution is -0.118. The van der Waals surface area contributed by atoms with Gasteiger partial charge in [0.25, 0.3) is 0 Å². The third-order valence-electron chi connectivity index (χ3n) is 4.35. The van der Waals surface area contributed by atoms with Gasteiger partial charge in [-0.05, 0) is 48.7 Å². The molecular weight excluding hydrogens is 384 g/mol. The van der Waals surface area contributed by atoms with Crippen LogP contribution in [0.2, 0.25) is 0 Å². The SMILES string of the molecule is COc1ccc(NC(C)=O)cc1NC(=O)C1(c2ccc(Br)cc2)CC1. The molecule has 1 fully saturated rings. The van der Waals surface area contributed by atoms with E-state index in [1.807, 2.05) is 24.3 Å². The van der Waals surface area contributed by atoms with Crippen LogP contribution in [0.3, 0.4) is 0 Å². The molecule has 1 saturated carbocycles. The average molecular weight is 403 g/mol. The van der Waals surface area contributed by atoms with Crippen LogP contribution in [0.1, 0.15) is 25.3 Å². The Hall–Kier alpha value is -2.34. The Morgan fingerprint density at radius 1 is 1.08 bits per heavy atom. The van der Waals surface area contributed by atoms with E-state index in [0.29, 0.717) is 17.1 Å². The molecular formula is C19H19BrN2O3. The number of carbonyl (C=O) groups excluding carboxylic acids is 2. The molecule has 0 saturated heterocycles. The van der Waals surface area contributed by atoms with Gasteiger partial charge in [-0.3, -0.25) is 9.59 Å². The maximum atomic E-state index is 12.9. The van der Waals surface area contributed by atoms with Crippen LogP contribution in [0.25, 0.3) is 0 Å². The molecule has 0 atom stereocenters. The topological polar surface area (TPSA) is 67.4 Å². The van der Waals surface area contributed by atoms with Crippen molar-refractivity contribution in [2.75, 3.05) is 17.7 Å². The second-order valence-electron chi connectivity index (χ2n) is 6.14. The second-order valence-corrected chi connectivity index (χ2v) is 7.06. The lowest BCUT2D eigenvalue weighted by atomic mass is 9.95. The number of ether oxygens (including phenoxy) is 1. The summed E-state index contributed by atoms with van der Waals surface area (Å²) in [5.74, 6) is 0.318. The Balaban J connectivity index is 1.85. The van der Waals surface area contributed by atoms with Crippen molar-refractivity contribution in [3.05, 3.63) is 52.5 Å². The Morgan fingerprint density at radius 3 is 2.32 bits per heavy atom. The minimum Gasteiger partial charge on any atom is -0.495 e. The highest BCUT2D eigenvalue weighted by molar-refractivity contribution is 9.10. The summed E-state index contributed by atoms with van der Waals surface area (Å²) in [6.45, 7) is 1.44. The van der Waals surface area contributed by atoms with Crippen LogP contribution in [-0.4, -0.2) is 18.9 Å². The molecule has 3 rings (SSSR count). The van der Waals surface area contributed by atoms with Crippen molar-refractivity contribution in [3.63, 3.8) is 0 Å². The van der Waals surface area contributed by atoms with Gasteiger partial charge in [0, 0.05) is 17.1 Å². The number of nitrogens with one attached hydrogen (secondary N) is 2. The zero-order valence-corrected chi connectivity index (χ0v) is 15.6. The summed E-state index contributed by atoms with van der Waals surface area (Å²) >= 11 is 3.42. The first-order chi connectivity index (χ1) is 11.9. The number of hydrogen-bond acceptors (Lipinski definition) is 3. The van der Waals surface area contributed by atoms with Crippen LogP contribution < -0.4 is 15.4 Å².